The summed E-state index contributed by atoms with van der Waals surface area (Å²) in [5.74, 6) is -1.02. The van der Waals surface area contributed by atoms with E-state index in [2.05, 4.69) is 22.3 Å². The van der Waals surface area contributed by atoms with Gasteiger partial charge >= 0.3 is 0 Å². The van der Waals surface area contributed by atoms with Gasteiger partial charge in [0, 0.05) is 13.1 Å². The Bertz CT molecular complexity index is 942. The highest BCUT2D eigenvalue weighted by Crippen LogP contribution is 2.18. The average Bonchev–Trinajstić information content (AvgIpc) is 3.18. The van der Waals surface area contributed by atoms with E-state index in [1.807, 2.05) is 12.1 Å². The first-order chi connectivity index (χ1) is 13.8. The van der Waals surface area contributed by atoms with E-state index >= 15 is 0 Å². The summed E-state index contributed by atoms with van der Waals surface area (Å²) in [4.78, 5) is 14.7. The Morgan fingerprint density at radius 2 is 1.76 bits per heavy atom. The average molecular weight is 420 g/mol. The van der Waals surface area contributed by atoms with Crippen molar-refractivity contribution >= 4 is 21.6 Å². The van der Waals surface area contributed by atoms with Crippen molar-refractivity contribution in [1.29, 1.82) is 0 Å². The second-order valence-electron chi connectivity index (χ2n) is 7.33. The number of anilines is 1. The molecule has 6 nitrogen and oxygen atoms in total. The molecule has 0 bridgehead atoms. The second kappa shape index (κ2) is 9.37. The molecule has 29 heavy (non-hydrogen) atoms. The van der Waals surface area contributed by atoms with Gasteiger partial charge in [0.1, 0.15) is 12.4 Å². The summed E-state index contributed by atoms with van der Waals surface area (Å²) >= 11 is 0. The highest BCUT2D eigenvalue weighted by Gasteiger charge is 2.21. The Labute approximate surface area is 171 Å². The fraction of sp³-hybridized carbons (Fsp3) is 0.381. The molecule has 3 rings (SSSR count). The number of nitrogens with one attached hydrogen (secondary N) is 1. The zero-order valence-corrected chi connectivity index (χ0v) is 17.3. The molecule has 0 aliphatic carbocycles. The van der Waals surface area contributed by atoms with Crippen molar-refractivity contribution in [2.24, 2.45) is 0 Å². The maximum Gasteiger partial charge on any atom is 0.241 e. The number of carbonyl (C=O) groups is 1. The van der Waals surface area contributed by atoms with Gasteiger partial charge in [-0.3, -0.25) is 14.0 Å². The maximum atomic E-state index is 13.5. The van der Waals surface area contributed by atoms with Crippen LogP contribution in [0.25, 0.3) is 0 Å². The zero-order chi connectivity index (χ0) is 20.9. The summed E-state index contributed by atoms with van der Waals surface area (Å²) < 4.78 is 38.5. The number of carbonyl (C=O) groups excluding carboxylic acids is 1. The van der Waals surface area contributed by atoms with E-state index in [-0.39, 0.29) is 5.69 Å². The molecule has 156 valence electrons. The summed E-state index contributed by atoms with van der Waals surface area (Å²) in [7, 11) is -3.73. The Morgan fingerprint density at radius 1 is 1.10 bits per heavy atom. The van der Waals surface area contributed by atoms with Gasteiger partial charge in [-0.15, -0.1) is 0 Å². The summed E-state index contributed by atoms with van der Waals surface area (Å²) in [5, 5.41) is 2.73. The molecule has 0 saturated carbocycles. The lowest BCUT2D eigenvalue weighted by Crippen LogP contribution is -2.40. The quantitative estimate of drug-likeness (QED) is 0.714. The van der Waals surface area contributed by atoms with Gasteiger partial charge in [-0.2, -0.15) is 0 Å². The molecular formula is C21H26FN3O3S. The van der Waals surface area contributed by atoms with Crippen LogP contribution in [0.15, 0.2) is 48.5 Å². The molecular weight excluding hydrogens is 393 g/mol. The third-order valence-corrected chi connectivity index (χ3v) is 6.04. The van der Waals surface area contributed by atoms with E-state index in [0.717, 1.165) is 41.8 Å². The molecule has 1 fully saturated rings. The molecule has 1 saturated heterocycles. The molecule has 2 aromatic rings. The molecule has 1 aliphatic heterocycles. The second-order valence-corrected chi connectivity index (χ2v) is 9.23. The minimum Gasteiger partial charge on any atom is -0.350 e. The first-order valence-electron chi connectivity index (χ1n) is 9.61. The van der Waals surface area contributed by atoms with Gasteiger partial charge in [0.15, 0.2) is 0 Å². The molecule has 0 aromatic heterocycles. The molecule has 0 radical (unpaired) electrons. The summed E-state index contributed by atoms with van der Waals surface area (Å²) in [6.45, 7) is 3.10. The maximum absolute atomic E-state index is 13.5. The number of halogens is 1. The predicted octanol–water partition coefficient (Wildman–Crippen LogP) is 2.50. The first kappa shape index (κ1) is 21.3. The number of sulfonamides is 1. The molecule has 1 aliphatic rings. The summed E-state index contributed by atoms with van der Waals surface area (Å²) in [6, 6.07) is 13.2. The number of hydrogen-bond donors (Lipinski definition) is 1. The van der Waals surface area contributed by atoms with Crippen molar-refractivity contribution < 1.29 is 17.6 Å². The normalized spacial score (nSPS) is 14.7. The van der Waals surface area contributed by atoms with Crippen LogP contribution in [0, 0.1) is 5.82 Å². The Morgan fingerprint density at radius 3 is 2.38 bits per heavy atom. The van der Waals surface area contributed by atoms with Crippen molar-refractivity contribution in [3.8, 4) is 0 Å². The van der Waals surface area contributed by atoms with Gasteiger partial charge in [-0.25, -0.2) is 12.8 Å². The Balaban J connectivity index is 1.56. The highest BCUT2D eigenvalue weighted by atomic mass is 32.2. The van der Waals surface area contributed by atoms with E-state index in [1.165, 1.54) is 36.6 Å². The third kappa shape index (κ3) is 6.27. The molecule has 0 atom stereocenters. The predicted molar refractivity (Wildman–Crippen MR) is 111 cm³/mol. The molecule has 8 heteroatoms. The largest absolute Gasteiger partial charge is 0.350 e. The van der Waals surface area contributed by atoms with Crippen LogP contribution in [-0.4, -0.2) is 45.1 Å². The topological polar surface area (TPSA) is 69.7 Å². The Kier molecular flexibility index (Phi) is 6.87. The Hall–Kier alpha value is -2.45. The molecule has 1 heterocycles. The van der Waals surface area contributed by atoms with Crippen molar-refractivity contribution in [2.45, 2.75) is 25.9 Å². The van der Waals surface area contributed by atoms with Crippen LogP contribution in [0.1, 0.15) is 24.0 Å². The van der Waals surface area contributed by atoms with Gasteiger partial charge in [0.05, 0.1) is 11.9 Å². The van der Waals surface area contributed by atoms with Gasteiger partial charge in [0.2, 0.25) is 15.9 Å². The van der Waals surface area contributed by atoms with Crippen LogP contribution in [0.2, 0.25) is 0 Å². The number of likely N-dealkylation sites (tertiary alicyclic amines) is 1. The van der Waals surface area contributed by atoms with Crippen LogP contribution in [0.4, 0.5) is 10.1 Å². The standard InChI is InChI=1S/C21H26FN3O3S/c1-29(27,28)25(20-6-4-5-19(22)13-20)16-21(26)23-14-17-7-9-18(10-8-17)15-24-11-2-3-12-24/h4-10,13H,2-3,11-12,14-16H2,1H3,(H,23,26). The number of benzene rings is 2. The third-order valence-electron chi connectivity index (χ3n) is 4.90. The van der Waals surface area contributed by atoms with Gasteiger partial charge in [0.25, 0.3) is 0 Å². The summed E-state index contributed by atoms with van der Waals surface area (Å²) in [5.41, 5.74) is 2.28. The highest BCUT2D eigenvalue weighted by molar-refractivity contribution is 7.92. The fourth-order valence-electron chi connectivity index (χ4n) is 3.38. The number of hydrogen-bond acceptors (Lipinski definition) is 4. The van der Waals surface area contributed by atoms with Gasteiger partial charge in [-0.05, 0) is 55.3 Å². The van der Waals surface area contributed by atoms with Crippen molar-refractivity contribution in [1.82, 2.24) is 10.2 Å². The summed E-state index contributed by atoms with van der Waals surface area (Å²) in [6.07, 6.45) is 3.50. The molecule has 0 unspecified atom stereocenters. The van der Waals surface area contributed by atoms with Crippen molar-refractivity contribution in [3.63, 3.8) is 0 Å². The SMILES string of the molecule is CS(=O)(=O)N(CC(=O)NCc1ccc(CN2CCCC2)cc1)c1cccc(F)c1. The van der Waals surface area contributed by atoms with Crippen LogP contribution < -0.4 is 9.62 Å². The van der Waals surface area contributed by atoms with Crippen LogP contribution in [0.3, 0.4) is 0 Å². The number of nitrogens with zero attached hydrogens (tertiary/aromatic N) is 2. The van der Waals surface area contributed by atoms with Gasteiger partial charge in [-0.1, -0.05) is 30.3 Å². The van der Waals surface area contributed by atoms with Crippen molar-refractivity contribution in [2.75, 3.05) is 30.2 Å². The first-order valence-corrected chi connectivity index (χ1v) is 11.5. The lowest BCUT2D eigenvalue weighted by Gasteiger charge is -2.22. The molecule has 0 spiro atoms. The van der Waals surface area contributed by atoms with E-state index < -0.39 is 28.3 Å². The molecule has 1 N–H and O–H groups in total. The lowest BCUT2D eigenvalue weighted by atomic mass is 10.1. The van der Waals surface area contributed by atoms with Gasteiger partial charge < -0.3 is 5.32 Å². The van der Waals surface area contributed by atoms with Crippen LogP contribution in [0.5, 0.6) is 0 Å². The zero-order valence-electron chi connectivity index (χ0n) is 16.5. The number of amides is 1. The molecule has 2 aromatic carbocycles. The van der Waals surface area contributed by atoms with E-state index in [4.69, 9.17) is 0 Å². The van der Waals surface area contributed by atoms with E-state index in [0.29, 0.717) is 6.54 Å². The minimum atomic E-state index is -3.73. The van der Waals surface area contributed by atoms with E-state index in [9.17, 15) is 17.6 Å². The monoisotopic (exact) mass is 419 g/mol. The smallest absolute Gasteiger partial charge is 0.241 e. The van der Waals surface area contributed by atoms with Crippen LogP contribution >= 0.6 is 0 Å². The fourth-order valence-corrected chi connectivity index (χ4v) is 4.23. The van der Waals surface area contributed by atoms with Crippen LogP contribution in [-0.2, 0) is 27.9 Å². The van der Waals surface area contributed by atoms with E-state index in [1.54, 1.807) is 0 Å². The molecule has 1 amide bonds. The minimum absolute atomic E-state index is 0.119. The van der Waals surface area contributed by atoms with Crippen molar-refractivity contribution in [3.05, 3.63) is 65.5 Å². The number of rotatable bonds is 8. The lowest BCUT2D eigenvalue weighted by molar-refractivity contribution is -0.119.